The number of nitrogens with two attached hydrogens (primary N) is 1. The third-order valence-corrected chi connectivity index (χ3v) is 3.99. The molecule has 1 aliphatic heterocycles. The maximum Gasteiger partial charge on any atom is 0.229 e. The number of rotatable bonds is 3. The summed E-state index contributed by atoms with van der Waals surface area (Å²) < 4.78 is 11.1. The fourth-order valence-electron chi connectivity index (χ4n) is 2.93. The van der Waals surface area contributed by atoms with Crippen molar-refractivity contribution < 1.29 is 9.26 Å². The van der Waals surface area contributed by atoms with Crippen molar-refractivity contribution in [1.82, 2.24) is 10.1 Å². The van der Waals surface area contributed by atoms with Crippen molar-refractivity contribution in [1.29, 1.82) is 0 Å². The molecule has 2 fully saturated rings. The van der Waals surface area contributed by atoms with Gasteiger partial charge in [-0.05, 0) is 38.5 Å². The van der Waals surface area contributed by atoms with Crippen LogP contribution in [0.1, 0.15) is 56.2 Å². The second-order valence-electron chi connectivity index (χ2n) is 5.51. The van der Waals surface area contributed by atoms with Crippen molar-refractivity contribution in [2.45, 2.75) is 63.0 Å². The lowest BCUT2D eigenvalue weighted by molar-refractivity contribution is 0.0153. The van der Waals surface area contributed by atoms with E-state index in [0.29, 0.717) is 12.0 Å². The van der Waals surface area contributed by atoms with Crippen LogP contribution in [0.25, 0.3) is 0 Å². The Hall–Kier alpha value is -0.940. The third-order valence-electron chi connectivity index (χ3n) is 3.99. The molecule has 1 aromatic heterocycles. The van der Waals surface area contributed by atoms with Gasteiger partial charge in [0.1, 0.15) is 0 Å². The zero-order valence-corrected chi connectivity index (χ0v) is 10.7. The third kappa shape index (κ3) is 2.72. The highest BCUT2D eigenvalue weighted by Gasteiger charge is 2.28. The standard InChI is InChI=1S/C13H21N3O2/c14-10-5-4-9(7-10)13-15-12(16-18-13)8-11-3-1-2-6-17-11/h9-11H,1-8,14H2. The second kappa shape index (κ2) is 5.36. The molecule has 0 radical (unpaired) electrons. The summed E-state index contributed by atoms with van der Waals surface area (Å²) >= 11 is 0. The average Bonchev–Trinajstić information content (AvgIpc) is 2.99. The highest BCUT2D eigenvalue weighted by molar-refractivity contribution is 5.00. The van der Waals surface area contributed by atoms with Crippen molar-refractivity contribution in [3.63, 3.8) is 0 Å². The lowest BCUT2D eigenvalue weighted by Crippen LogP contribution is -2.21. The van der Waals surface area contributed by atoms with Crippen molar-refractivity contribution in [2.24, 2.45) is 5.73 Å². The first-order chi connectivity index (χ1) is 8.81. The van der Waals surface area contributed by atoms with Gasteiger partial charge in [-0.1, -0.05) is 5.16 Å². The number of hydrogen-bond acceptors (Lipinski definition) is 5. The Morgan fingerprint density at radius 1 is 1.22 bits per heavy atom. The van der Waals surface area contributed by atoms with E-state index >= 15 is 0 Å². The van der Waals surface area contributed by atoms with Crippen molar-refractivity contribution in [3.8, 4) is 0 Å². The van der Waals surface area contributed by atoms with Crippen LogP contribution in [-0.2, 0) is 11.2 Å². The maximum absolute atomic E-state index is 5.91. The van der Waals surface area contributed by atoms with Crippen LogP contribution in [-0.4, -0.2) is 28.9 Å². The number of ether oxygens (including phenoxy) is 1. The molecule has 0 bridgehead atoms. The van der Waals surface area contributed by atoms with Gasteiger partial charge in [0.2, 0.25) is 5.89 Å². The normalized spacial score (nSPS) is 32.8. The molecule has 2 N–H and O–H groups in total. The predicted molar refractivity (Wildman–Crippen MR) is 66.2 cm³/mol. The van der Waals surface area contributed by atoms with Crippen molar-refractivity contribution in [2.75, 3.05) is 6.61 Å². The van der Waals surface area contributed by atoms with Gasteiger partial charge in [-0.3, -0.25) is 0 Å². The monoisotopic (exact) mass is 251 g/mol. The number of hydrogen-bond donors (Lipinski definition) is 1. The number of nitrogens with zero attached hydrogens (tertiary/aromatic N) is 2. The molecule has 18 heavy (non-hydrogen) atoms. The van der Waals surface area contributed by atoms with Crippen LogP contribution >= 0.6 is 0 Å². The van der Waals surface area contributed by atoms with Gasteiger partial charge in [0, 0.05) is 25.0 Å². The minimum absolute atomic E-state index is 0.273. The Kier molecular flexibility index (Phi) is 3.61. The fourth-order valence-corrected chi connectivity index (χ4v) is 2.93. The smallest absolute Gasteiger partial charge is 0.229 e. The Bertz CT molecular complexity index is 387. The summed E-state index contributed by atoms with van der Waals surface area (Å²) in [6, 6.07) is 0.298. The van der Waals surface area contributed by atoms with Crippen LogP contribution in [0.4, 0.5) is 0 Å². The summed E-state index contributed by atoms with van der Waals surface area (Å²) in [6.45, 7) is 0.868. The molecular formula is C13H21N3O2. The molecule has 100 valence electrons. The lowest BCUT2D eigenvalue weighted by Gasteiger charge is -2.20. The first kappa shape index (κ1) is 12.1. The van der Waals surface area contributed by atoms with Crippen LogP contribution in [0.3, 0.4) is 0 Å². The molecule has 1 aliphatic carbocycles. The molecule has 1 saturated heterocycles. The molecule has 0 spiro atoms. The fraction of sp³-hybridized carbons (Fsp3) is 0.846. The van der Waals surface area contributed by atoms with Crippen LogP contribution in [0, 0.1) is 0 Å². The molecule has 3 rings (SSSR count). The molecule has 3 unspecified atom stereocenters. The van der Waals surface area contributed by atoms with Gasteiger partial charge in [-0.15, -0.1) is 0 Å². The summed E-state index contributed by atoms with van der Waals surface area (Å²) in [5, 5.41) is 4.07. The van der Waals surface area contributed by atoms with E-state index in [9.17, 15) is 0 Å². The van der Waals surface area contributed by atoms with Gasteiger partial charge in [-0.2, -0.15) is 4.98 Å². The van der Waals surface area contributed by atoms with Crippen molar-refractivity contribution in [3.05, 3.63) is 11.7 Å². The highest BCUT2D eigenvalue weighted by atomic mass is 16.5. The van der Waals surface area contributed by atoms with Gasteiger partial charge >= 0.3 is 0 Å². The van der Waals surface area contributed by atoms with Crippen LogP contribution in [0.15, 0.2) is 4.52 Å². The molecule has 0 amide bonds. The van der Waals surface area contributed by atoms with E-state index in [4.69, 9.17) is 15.0 Å². The summed E-state index contributed by atoms with van der Waals surface area (Å²) in [5.41, 5.74) is 5.91. The summed E-state index contributed by atoms with van der Waals surface area (Å²) in [5.74, 6) is 1.93. The summed E-state index contributed by atoms with van der Waals surface area (Å²) in [6.07, 6.45) is 7.69. The van der Waals surface area contributed by atoms with Gasteiger partial charge < -0.3 is 15.0 Å². The van der Waals surface area contributed by atoms with E-state index in [1.807, 2.05) is 0 Å². The average molecular weight is 251 g/mol. The Morgan fingerprint density at radius 2 is 2.17 bits per heavy atom. The van der Waals surface area contributed by atoms with E-state index < -0.39 is 0 Å². The largest absolute Gasteiger partial charge is 0.378 e. The Morgan fingerprint density at radius 3 is 2.89 bits per heavy atom. The van der Waals surface area contributed by atoms with Crippen LogP contribution < -0.4 is 5.73 Å². The molecule has 2 aliphatic rings. The predicted octanol–water partition coefficient (Wildman–Crippen LogP) is 1.78. The molecule has 5 heteroatoms. The quantitative estimate of drug-likeness (QED) is 0.886. The van der Waals surface area contributed by atoms with Gasteiger partial charge in [0.15, 0.2) is 5.82 Å². The molecule has 5 nitrogen and oxygen atoms in total. The van der Waals surface area contributed by atoms with E-state index in [0.717, 1.165) is 50.4 Å². The zero-order chi connectivity index (χ0) is 12.4. The van der Waals surface area contributed by atoms with E-state index in [1.54, 1.807) is 0 Å². The van der Waals surface area contributed by atoms with Crippen LogP contribution in [0.2, 0.25) is 0 Å². The minimum atomic E-state index is 0.273. The molecule has 1 aromatic rings. The van der Waals surface area contributed by atoms with E-state index in [2.05, 4.69) is 10.1 Å². The molecule has 0 aromatic carbocycles. The van der Waals surface area contributed by atoms with Crippen LogP contribution in [0.5, 0.6) is 0 Å². The lowest BCUT2D eigenvalue weighted by atomic mass is 10.1. The topological polar surface area (TPSA) is 74.2 Å². The SMILES string of the molecule is NC1CCC(c2nc(CC3CCCCO3)no2)C1. The van der Waals surface area contributed by atoms with Gasteiger partial charge in [0.25, 0.3) is 0 Å². The second-order valence-corrected chi connectivity index (χ2v) is 5.51. The van der Waals surface area contributed by atoms with Gasteiger partial charge in [-0.25, -0.2) is 0 Å². The first-order valence-electron chi connectivity index (χ1n) is 7.01. The first-order valence-corrected chi connectivity index (χ1v) is 7.01. The minimum Gasteiger partial charge on any atom is -0.378 e. The van der Waals surface area contributed by atoms with Crippen molar-refractivity contribution >= 4 is 0 Å². The van der Waals surface area contributed by atoms with E-state index in [-0.39, 0.29) is 6.10 Å². The molecule has 1 saturated carbocycles. The van der Waals surface area contributed by atoms with E-state index in [1.165, 1.54) is 12.8 Å². The molecule has 3 atom stereocenters. The highest BCUT2D eigenvalue weighted by Crippen LogP contribution is 2.32. The Balaban J connectivity index is 1.59. The zero-order valence-electron chi connectivity index (χ0n) is 10.7. The Labute approximate surface area is 107 Å². The summed E-state index contributed by atoms with van der Waals surface area (Å²) in [4.78, 5) is 4.51. The number of aromatic nitrogens is 2. The molecular weight excluding hydrogens is 230 g/mol. The molecule has 2 heterocycles. The maximum atomic E-state index is 5.91. The summed E-state index contributed by atoms with van der Waals surface area (Å²) in [7, 11) is 0. The van der Waals surface area contributed by atoms with Gasteiger partial charge in [0.05, 0.1) is 6.10 Å².